The number of aryl methyl sites for hydroxylation is 1. The molecule has 0 bridgehead atoms. The van der Waals surface area contributed by atoms with Gasteiger partial charge in [-0.1, -0.05) is 42.8 Å². The zero-order valence-electron chi connectivity index (χ0n) is 9.83. The van der Waals surface area contributed by atoms with Crippen molar-refractivity contribution in [3.8, 4) is 0 Å². The van der Waals surface area contributed by atoms with E-state index in [1.807, 2.05) is 0 Å². The predicted octanol–water partition coefficient (Wildman–Crippen LogP) is 4.55. The third-order valence-electron chi connectivity index (χ3n) is 3.30. The van der Waals surface area contributed by atoms with Crippen molar-refractivity contribution in [1.29, 1.82) is 0 Å². The van der Waals surface area contributed by atoms with Gasteiger partial charge in [0.2, 0.25) is 0 Å². The van der Waals surface area contributed by atoms with E-state index in [-0.39, 0.29) is 7.43 Å². The molecule has 0 N–H and O–H groups in total. The van der Waals surface area contributed by atoms with Gasteiger partial charge in [-0.05, 0) is 43.7 Å². The fourth-order valence-corrected chi connectivity index (χ4v) is 2.14. The van der Waals surface area contributed by atoms with Crippen molar-refractivity contribution < 1.29 is 4.79 Å². The van der Waals surface area contributed by atoms with Crippen LogP contribution in [0.5, 0.6) is 0 Å². The molecule has 17 heavy (non-hydrogen) atoms. The van der Waals surface area contributed by atoms with Crippen molar-refractivity contribution in [3.05, 3.63) is 41.0 Å². The van der Waals surface area contributed by atoms with Gasteiger partial charge in [-0.15, -0.1) is 0 Å². The average molecular weight is 230 g/mol. The summed E-state index contributed by atoms with van der Waals surface area (Å²) in [4.78, 5) is 10.5. The zero-order valence-corrected chi connectivity index (χ0v) is 9.83. The summed E-state index contributed by atoms with van der Waals surface area (Å²) < 4.78 is 0. The van der Waals surface area contributed by atoms with Crippen molar-refractivity contribution in [1.82, 2.24) is 0 Å². The van der Waals surface area contributed by atoms with E-state index in [4.69, 9.17) is 0 Å². The molecule has 1 aliphatic carbocycles. The van der Waals surface area contributed by atoms with Crippen LogP contribution < -0.4 is 0 Å². The van der Waals surface area contributed by atoms with Crippen LogP contribution in [0.1, 0.15) is 50.7 Å². The Hall–Kier alpha value is -1.37. The number of hydrogen-bond acceptors (Lipinski definition) is 1. The second kappa shape index (κ2) is 6.39. The Balaban J connectivity index is 0.00000144. The normalized spacial score (nSPS) is 13.6. The first-order valence-electron chi connectivity index (χ1n) is 6.03. The SMILES string of the molecule is C.Cc1ccc(C(CCC=O)=C2CCC2)cc1. The highest BCUT2D eigenvalue weighted by molar-refractivity contribution is 5.71. The molecule has 0 heterocycles. The smallest absolute Gasteiger partial charge is 0.120 e. The Morgan fingerprint density at radius 1 is 1.24 bits per heavy atom. The lowest BCUT2D eigenvalue weighted by Crippen LogP contribution is -2.02. The highest BCUT2D eigenvalue weighted by Gasteiger charge is 2.15. The molecule has 1 fully saturated rings. The molecule has 1 aliphatic rings. The third-order valence-corrected chi connectivity index (χ3v) is 3.30. The number of benzene rings is 1. The van der Waals surface area contributed by atoms with Gasteiger partial charge in [0, 0.05) is 6.42 Å². The quantitative estimate of drug-likeness (QED) is 0.694. The lowest BCUT2D eigenvalue weighted by atomic mass is 9.83. The number of carbonyl (C=O) groups excluding carboxylic acids is 1. The molecule has 1 aromatic rings. The van der Waals surface area contributed by atoms with Crippen molar-refractivity contribution in [3.63, 3.8) is 0 Å². The Kier molecular flexibility index (Phi) is 5.14. The first-order chi connectivity index (χ1) is 7.81. The lowest BCUT2D eigenvalue weighted by Gasteiger charge is -2.22. The van der Waals surface area contributed by atoms with Gasteiger partial charge in [-0.25, -0.2) is 0 Å². The van der Waals surface area contributed by atoms with E-state index in [0.717, 1.165) is 12.7 Å². The maximum Gasteiger partial charge on any atom is 0.120 e. The van der Waals surface area contributed by atoms with Crippen LogP contribution in [0.4, 0.5) is 0 Å². The van der Waals surface area contributed by atoms with Crippen LogP contribution in [-0.4, -0.2) is 6.29 Å². The van der Waals surface area contributed by atoms with Gasteiger partial charge in [-0.2, -0.15) is 0 Å². The predicted molar refractivity (Wildman–Crippen MR) is 74.0 cm³/mol. The van der Waals surface area contributed by atoms with Gasteiger partial charge < -0.3 is 4.79 Å². The molecule has 1 nitrogen and oxygen atoms in total. The van der Waals surface area contributed by atoms with Gasteiger partial charge in [0.1, 0.15) is 6.29 Å². The van der Waals surface area contributed by atoms with Gasteiger partial charge in [0.25, 0.3) is 0 Å². The number of aldehydes is 1. The molecule has 0 aromatic heterocycles. The Bertz CT molecular complexity index is 392. The molecule has 1 heteroatoms. The largest absolute Gasteiger partial charge is 0.303 e. The van der Waals surface area contributed by atoms with E-state index < -0.39 is 0 Å². The second-order valence-corrected chi connectivity index (χ2v) is 4.51. The molecule has 0 atom stereocenters. The van der Waals surface area contributed by atoms with E-state index in [1.54, 1.807) is 5.57 Å². The topological polar surface area (TPSA) is 17.1 Å². The van der Waals surface area contributed by atoms with Crippen LogP contribution >= 0.6 is 0 Å². The summed E-state index contributed by atoms with van der Waals surface area (Å²) in [5, 5.41) is 0. The van der Waals surface area contributed by atoms with Crippen LogP contribution in [-0.2, 0) is 4.79 Å². The summed E-state index contributed by atoms with van der Waals surface area (Å²) >= 11 is 0. The molecule has 1 saturated carbocycles. The van der Waals surface area contributed by atoms with Crippen LogP contribution in [0.15, 0.2) is 29.8 Å². The highest BCUT2D eigenvalue weighted by Crippen LogP contribution is 2.35. The molecule has 1 aromatic carbocycles. The fraction of sp³-hybridized carbons (Fsp3) is 0.438. The highest BCUT2D eigenvalue weighted by atomic mass is 16.1. The molecule has 0 radical (unpaired) electrons. The first-order valence-corrected chi connectivity index (χ1v) is 6.03. The second-order valence-electron chi connectivity index (χ2n) is 4.51. The summed E-state index contributed by atoms with van der Waals surface area (Å²) in [5.41, 5.74) is 5.57. The fourth-order valence-electron chi connectivity index (χ4n) is 2.14. The molecule has 0 amide bonds. The number of hydrogen-bond donors (Lipinski definition) is 0. The molecular formula is C16H22O. The Labute approximate surface area is 105 Å². The number of allylic oxidation sites excluding steroid dienone is 2. The van der Waals surface area contributed by atoms with E-state index in [0.29, 0.717) is 6.42 Å². The summed E-state index contributed by atoms with van der Waals surface area (Å²) in [7, 11) is 0. The van der Waals surface area contributed by atoms with Gasteiger partial charge in [-0.3, -0.25) is 0 Å². The maximum atomic E-state index is 10.5. The van der Waals surface area contributed by atoms with E-state index in [2.05, 4.69) is 31.2 Å². The van der Waals surface area contributed by atoms with Crippen LogP contribution in [0.2, 0.25) is 0 Å². The van der Waals surface area contributed by atoms with Crippen molar-refractivity contribution in [2.75, 3.05) is 0 Å². The lowest BCUT2D eigenvalue weighted by molar-refractivity contribution is -0.107. The van der Waals surface area contributed by atoms with E-state index in [9.17, 15) is 4.79 Å². The maximum absolute atomic E-state index is 10.5. The van der Waals surface area contributed by atoms with Crippen molar-refractivity contribution >= 4 is 11.9 Å². The van der Waals surface area contributed by atoms with Crippen LogP contribution in [0.3, 0.4) is 0 Å². The molecule has 0 aliphatic heterocycles. The van der Waals surface area contributed by atoms with Crippen molar-refractivity contribution in [2.24, 2.45) is 0 Å². The number of rotatable bonds is 4. The van der Waals surface area contributed by atoms with Gasteiger partial charge >= 0.3 is 0 Å². The Morgan fingerprint density at radius 2 is 1.88 bits per heavy atom. The molecule has 92 valence electrons. The minimum Gasteiger partial charge on any atom is -0.303 e. The monoisotopic (exact) mass is 230 g/mol. The summed E-state index contributed by atoms with van der Waals surface area (Å²) in [5.74, 6) is 0. The van der Waals surface area contributed by atoms with Crippen molar-refractivity contribution in [2.45, 2.75) is 46.5 Å². The zero-order chi connectivity index (χ0) is 11.4. The van der Waals surface area contributed by atoms with Gasteiger partial charge in [0.05, 0.1) is 0 Å². The van der Waals surface area contributed by atoms with Gasteiger partial charge in [0.15, 0.2) is 0 Å². The van der Waals surface area contributed by atoms with E-state index in [1.165, 1.54) is 36.0 Å². The summed E-state index contributed by atoms with van der Waals surface area (Å²) in [6.07, 6.45) is 6.33. The van der Waals surface area contributed by atoms with E-state index >= 15 is 0 Å². The molecule has 0 unspecified atom stereocenters. The molecule has 0 spiro atoms. The summed E-state index contributed by atoms with van der Waals surface area (Å²) in [6, 6.07) is 8.66. The Morgan fingerprint density at radius 3 is 2.35 bits per heavy atom. The third kappa shape index (κ3) is 3.29. The average Bonchev–Trinajstić information content (AvgIpc) is 2.23. The molecule has 0 saturated heterocycles. The first kappa shape index (κ1) is 13.7. The minimum atomic E-state index is 0. The number of carbonyl (C=O) groups is 1. The van der Waals surface area contributed by atoms with Crippen LogP contribution in [0, 0.1) is 6.92 Å². The van der Waals surface area contributed by atoms with Crippen LogP contribution in [0.25, 0.3) is 5.57 Å². The molecular weight excluding hydrogens is 208 g/mol. The standard InChI is InChI=1S/C15H18O.CH4/c1-12-7-9-14(10-8-12)15(6-3-11-16)13-4-2-5-13;/h7-11H,2-6H2,1H3;1H4. The summed E-state index contributed by atoms with van der Waals surface area (Å²) in [6.45, 7) is 2.10. The minimum absolute atomic E-state index is 0. The molecule has 2 rings (SSSR count).